The minimum atomic E-state index is -0.184. The normalized spacial score (nSPS) is 11.9. The van der Waals surface area contributed by atoms with Crippen LogP contribution >= 0.6 is 0 Å². The molecule has 100 valence electrons. The van der Waals surface area contributed by atoms with Crippen molar-refractivity contribution >= 4 is 5.97 Å². The predicted molar refractivity (Wildman–Crippen MR) is 70.8 cm³/mol. The molecule has 0 saturated carbocycles. The molecule has 1 aromatic carbocycles. The van der Waals surface area contributed by atoms with E-state index in [1.54, 1.807) is 7.11 Å². The molecule has 4 heteroatoms. The van der Waals surface area contributed by atoms with E-state index < -0.39 is 0 Å². The van der Waals surface area contributed by atoms with Crippen LogP contribution in [0.3, 0.4) is 0 Å². The highest BCUT2D eigenvalue weighted by atomic mass is 16.5. The third-order valence-corrected chi connectivity index (χ3v) is 2.74. The summed E-state index contributed by atoms with van der Waals surface area (Å²) >= 11 is 0. The van der Waals surface area contributed by atoms with Gasteiger partial charge in [-0.3, -0.25) is 4.79 Å². The van der Waals surface area contributed by atoms with Gasteiger partial charge < -0.3 is 14.8 Å². The minimum absolute atomic E-state index is 0.128. The van der Waals surface area contributed by atoms with Gasteiger partial charge in [-0.25, -0.2) is 0 Å². The number of esters is 1. The summed E-state index contributed by atoms with van der Waals surface area (Å²) in [6, 6.07) is 8.12. The topological polar surface area (TPSA) is 47.6 Å². The zero-order valence-corrected chi connectivity index (χ0v) is 11.2. The Morgan fingerprint density at radius 1 is 1.39 bits per heavy atom. The molecule has 0 aliphatic rings. The Kier molecular flexibility index (Phi) is 6.22. The molecule has 0 saturated heterocycles. The summed E-state index contributed by atoms with van der Waals surface area (Å²) in [7, 11) is 3.07. The fourth-order valence-corrected chi connectivity index (χ4v) is 1.70. The van der Waals surface area contributed by atoms with Crippen LogP contribution < -0.4 is 10.1 Å². The first-order valence-corrected chi connectivity index (χ1v) is 6.09. The first kappa shape index (κ1) is 14.5. The second kappa shape index (κ2) is 7.71. The Hall–Kier alpha value is -1.55. The van der Waals surface area contributed by atoms with Crippen LogP contribution in [0, 0.1) is 0 Å². The maximum absolute atomic E-state index is 11.1. The van der Waals surface area contributed by atoms with Crippen molar-refractivity contribution in [1.29, 1.82) is 0 Å². The van der Waals surface area contributed by atoms with Gasteiger partial charge in [0.1, 0.15) is 5.75 Å². The van der Waals surface area contributed by atoms with E-state index in [0.717, 1.165) is 18.7 Å². The zero-order valence-electron chi connectivity index (χ0n) is 11.2. The quantitative estimate of drug-likeness (QED) is 0.750. The number of benzene rings is 1. The van der Waals surface area contributed by atoms with E-state index in [2.05, 4.69) is 16.1 Å². The van der Waals surface area contributed by atoms with Gasteiger partial charge in [-0.1, -0.05) is 12.1 Å². The van der Waals surface area contributed by atoms with Crippen molar-refractivity contribution in [2.75, 3.05) is 20.8 Å². The molecule has 1 unspecified atom stereocenters. The third kappa shape index (κ3) is 5.19. The molecular formula is C14H21NO3. The average Bonchev–Trinajstić information content (AvgIpc) is 2.38. The second-order valence-electron chi connectivity index (χ2n) is 4.24. The van der Waals surface area contributed by atoms with Crippen LogP contribution in [-0.4, -0.2) is 32.8 Å². The van der Waals surface area contributed by atoms with E-state index in [1.807, 2.05) is 25.1 Å². The first-order valence-electron chi connectivity index (χ1n) is 6.09. The van der Waals surface area contributed by atoms with Gasteiger partial charge in [-0.05, 0) is 37.6 Å². The predicted octanol–water partition coefficient (Wildman–Crippen LogP) is 1.78. The number of carbonyl (C=O) groups excluding carboxylic acids is 1. The Labute approximate surface area is 108 Å². The molecule has 0 radical (unpaired) electrons. The Balaban J connectivity index is 2.30. The van der Waals surface area contributed by atoms with Crippen molar-refractivity contribution in [3.63, 3.8) is 0 Å². The van der Waals surface area contributed by atoms with Crippen LogP contribution in [0.5, 0.6) is 5.75 Å². The lowest BCUT2D eigenvalue weighted by Crippen LogP contribution is -2.30. The van der Waals surface area contributed by atoms with Crippen LogP contribution in [0.2, 0.25) is 0 Å². The van der Waals surface area contributed by atoms with Crippen molar-refractivity contribution in [1.82, 2.24) is 5.32 Å². The van der Waals surface area contributed by atoms with Crippen molar-refractivity contribution in [3.8, 4) is 5.75 Å². The SMILES string of the molecule is COC(=O)CC(C)NCCc1cccc(OC)c1. The molecule has 0 aliphatic carbocycles. The van der Waals surface area contributed by atoms with E-state index in [0.29, 0.717) is 6.42 Å². The van der Waals surface area contributed by atoms with Crippen LogP contribution in [0.15, 0.2) is 24.3 Å². The summed E-state index contributed by atoms with van der Waals surface area (Å²) in [4.78, 5) is 11.1. The summed E-state index contributed by atoms with van der Waals surface area (Å²) in [6.07, 6.45) is 1.30. The fraction of sp³-hybridized carbons (Fsp3) is 0.500. The van der Waals surface area contributed by atoms with Gasteiger partial charge in [-0.2, -0.15) is 0 Å². The molecule has 0 bridgehead atoms. The molecule has 1 N–H and O–H groups in total. The van der Waals surface area contributed by atoms with Crippen molar-refractivity contribution in [2.45, 2.75) is 25.8 Å². The number of hydrogen-bond donors (Lipinski definition) is 1. The van der Waals surface area contributed by atoms with E-state index in [1.165, 1.54) is 12.7 Å². The second-order valence-corrected chi connectivity index (χ2v) is 4.24. The summed E-state index contributed by atoms with van der Waals surface area (Å²) in [5.41, 5.74) is 1.21. The monoisotopic (exact) mass is 251 g/mol. The molecule has 0 spiro atoms. The number of ether oxygens (including phenoxy) is 2. The lowest BCUT2D eigenvalue weighted by Gasteiger charge is -2.12. The highest BCUT2D eigenvalue weighted by molar-refractivity contribution is 5.69. The molecule has 1 atom stereocenters. The molecule has 1 aromatic rings. The van der Waals surface area contributed by atoms with Gasteiger partial charge in [0.05, 0.1) is 20.6 Å². The molecule has 4 nitrogen and oxygen atoms in total. The molecule has 0 aliphatic heterocycles. The van der Waals surface area contributed by atoms with Crippen LogP contribution in [-0.2, 0) is 16.0 Å². The van der Waals surface area contributed by atoms with Gasteiger partial charge >= 0.3 is 5.97 Å². The Morgan fingerprint density at radius 3 is 2.83 bits per heavy atom. The van der Waals surface area contributed by atoms with Crippen molar-refractivity contribution in [2.24, 2.45) is 0 Å². The van der Waals surface area contributed by atoms with Crippen molar-refractivity contribution < 1.29 is 14.3 Å². The summed E-state index contributed by atoms with van der Waals surface area (Å²) < 4.78 is 9.79. The maximum atomic E-state index is 11.1. The molecule has 18 heavy (non-hydrogen) atoms. The zero-order chi connectivity index (χ0) is 13.4. The first-order chi connectivity index (χ1) is 8.65. The van der Waals surface area contributed by atoms with Crippen LogP contribution in [0.25, 0.3) is 0 Å². The summed E-state index contributed by atoms with van der Waals surface area (Å²) in [5.74, 6) is 0.687. The van der Waals surface area contributed by atoms with Crippen LogP contribution in [0.4, 0.5) is 0 Å². The van der Waals surface area contributed by atoms with E-state index in [-0.39, 0.29) is 12.0 Å². The number of carbonyl (C=O) groups is 1. The standard InChI is InChI=1S/C14H21NO3/c1-11(9-14(16)18-3)15-8-7-12-5-4-6-13(10-12)17-2/h4-6,10-11,15H,7-9H2,1-3H3. The van der Waals surface area contributed by atoms with Crippen LogP contribution in [0.1, 0.15) is 18.9 Å². The van der Waals surface area contributed by atoms with E-state index >= 15 is 0 Å². The van der Waals surface area contributed by atoms with Gasteiger partial charge in [-0.15, -0.1) is 0 Å². The smallest absolute Gasteiger partial charge is 0.307 e. The molecular weight excluding hydrogens is 230 g/mol. The van der Waals surface area contributed by atoms with Crippen molar-refractivity contribution in [3.05, 3.63) is 29.8 Å². The Bertz CT molecular complexity index is 379. The largest absolute Gasteiger partial charge is 0.497 e. The number of nitrogens with one attached hydrogen (secondary N) is 1. The van der Waals surface area contributed by atoms with E-state index in [4.69, 9.17) is 4.74 Å². The van der Waals surface area contributed by atoms with E-state index in [9.17, 15) is 4.79 Å². The lowest BCUT2D eigenvalue weighted by molar-refractivity contribution is -0.141. The Morgan fingerprint density at radius 2 is 2.17 bits per heavy atom. The number of hydrogen-bond acceptors (Lipinski definition) is 4. The average molecular weight is 251 g/mol. The van der Waals surface area contributed by atoms with Gasteiger partial charge in [0, 0.05) is 6.04 Å². The number of rotatable bonds is 7. The van der Waals surface area contributed by atoms with Gasteiger partial charge in [0.15, 0.2) is 0 Å². The molecule has 0 amide bonds. The van der Waals surface area contributed by atoms with Gasteiger partial charge in [0.25, 0.3) is 0 Å². The lowest BCUT2D eigenvalue weighted by atomic mass is 10.1. The third-order valence-electron chi connectivity index (χ3n) is 2.74. The molecule has 0 fully saturated rings. The van der Waals surface area contributed by atoms with Gasteiger partial charge in [0.2, 0.25) is 0 Å². The summed E-state index contributed by atoms with van der Waals surface area (Å²) in [6.45, 7) is 2.80. The number of methoxy groups -OCH3 is 2. The highest BCUT2D eigenvalue weighted by Gasteiger charge is 2.07. The molecule has 1 rings (SSSR count). The fourth-order valence-electron chi connectivity index (χ4n) is 1.70. The summed E-state index contributed by atoms with van der Waals surface area (Å²) in [5, 5.41) is 3.29. The maximum Gasteiger partial charge on any atom is 0.307 e. The minimum Gasteiger partial charge on any atom is -0.497 e. The highest BCUT2D eigenvalue weighted by Crippen LogP contribution is 2.12. The molecule has 0 aromatic heterocycles. The molecule has 0 heterocycles.